The van der Waals surface area contributed by atoms with Crippen LogP contribution in [0.5, 0.6) is 5.75 Å². The summed E-state index contributed by atoms with van der Waals surface area (Å²) >= 11 is 0. The summed E-state index contributed by atoms with van der Waals surface area (Å²) in [7, 11) is -2.37. The first-order valence-corrected chi connectivity index (χ1v) is 10.2. The fourth-order valence-electron chi connectivity index (χ4n) is 2.65. The van der Waals surface area contributed by atoms with Crippen molar-refractivity contribution < 1.29 is 22.7 Å². The summed E-state index contributed by atoms with van der Waals surface area (Å²) in [6.45, 7) is 1.95. The molecule has 2 amide bonds. The van der Waals surface area contributed by atoms with E-state index in [1.54, 1.807) is 24.3 Å². The van der Waals surface area contributed by atoms with E-state index in [2.05, 4.69) is 15.6 Å². The molecule has 28 heavy (non-hydrogen) atoms. The van der Waals surface area contributed by atoms with Crippen LogP contribution in [0.2, 0.25) is 0 Å². The minimum atomic E-state index is -3.89. The Morgan fingerprint density at radius 2 is 1.75 bits per heavy atom. The molecule has 0 heterocycles. The van der Waals surface area contributed by atoms with E-state index in [9.17, 15) is 18.0 Å². The number of hydrogen-bond donors (Lipinski definition) is 3. The first-order valence-electron chi connectivity index (χ1n) is 8.67. The first kappa shape index (κ1) is 19.7. The second-order valence-corrected chi connectivity index (χ2v) is 8.31. The second-order valence-electron chi connectivity index (χ2n) is 6.62. The van der Waals surface area contributed by atoms with Gasteiger partial charge in [-0.15, -0.1) is 0 Å². The molecule has 2 aromatic rings. The van der Waals surface area contributed by atoms with Crippen molar-refractivity contribution >= 4 is 27.5 Å². The number of methoxy groups -OCH3 is 1. The summed E-state index contributed by atoms with van der Waals surface area (Å²) in [5.41, 5.74) is 5.16. The monoisotopic (exact) mass is 403 g/mol. The fourth-order valence-corrected chi connectivity index (χ4v) is 3.75. The van der Waals surface area contributed by atoms with Crippen LogP contribution in [0.25, 0.3) is 0 Å². The van der Waals surface area contributed by atoms with Gasteiger partial charge in [-0.1, -0.05) is 13.0 Å². The van der Waals surface area contributed by atoms with Crippen LogP contribution in [0, 0.1) is 11.8 Å². The van der Waals surface area contributed by atoms with Crippen LogP contribution in [-0.2, 0) is 14.8 Å². The van der Waals surface area contributed by atoms with Gasteiger partial charge in [0.25, 0.3) is 15.9 Å². The summed E-state index contributed by atoms with van der Waals surface area (Å²) in [6.07, 6.45) is 0.798. The average Bonchev–Trinajstić information content (AvgIpc) is 3.43. The lowest BCUT2D eigenvalue weighted by molar-refractivity contribution is -0.123. The number of nitrogens with one attached hydrogen (secondary N) is 3. The van der Waals surface area contributed by atoms with E-state index in [1.165, 1.54) is 31.4 Å². The highest BCUT2D eigenvalue weighted by atomic mass is 32.2. The van der Waals surface area contributed by atoms with E-state index in [1.807, 2.05) is 6.92 Å². The fraction of sp³-hybridized carbons (Fsp3) is 0.263. The molecule has 0 aliphatic heterocycles. The number of rotatable bonds is 6. The zero-order chi connectivity index (χ0) is 20.3. The number of amides is 2. The summed E-state index contributed by atoms with van der Waals surface area (Å²) < 4.78 is 32.7. The Hall–Kier alpha value is -3.07. The Kier molecular flexibility index (Phi) is 5.55. The maximum Gasteiger partial charge on any atom is 0.269 e. The molecule has 0 saturated heterocycles. The second kappa shape index (κ2) is 7.89. The maximum absolute atomic E-state index is 12.6. The summed E-state index contributed by atoms with van der Waals surface area (Å²) in [5, 5.41) is 0. The van der Waals surface area contributed by atoms with E-state index < -0.39 is 15.9 Å². The van der Waals surface area contributed by atoms with Crippen LogP contribution in [-0.4, -0.2) is 27.3 Å². The van der Waals surface area contributed by atoms with Gasteiger partial charge in [0, 0.05) is 17.2 Å². The van der Waals surface area contributed by atoms with Gasteiger partial charge in [0.2, 0.25) is 5.91 Å². The van der Waals surface area contributed by atoms with Crippen molar-refractivity contribution in [2.75, 3.05) is 11.8 Å². The van der Waals surface area contributed by atoms with Gasteiger partial charge in [-0.3, -0.25) is 25.2 Å². The topological polar surface area (TPSA) is 114 Å². The van der Waals surface area contributed by atoms with Gasteiger partial charge in [-0.2, -0.15) is 0 Å². The Morgan fingerprint density at radius 3 is 2.36 bits per heavy atom. The van der Waals surface area contributed by atoms with Gasteiger partial charge < -0.3 is 4.74 Å². The van der Waals surface area contributed by atoms with Crippen molar-refractivity contribution in [3.05, 3.63) is 54.1 Å². The highest BCUT2D eigenvalue weighted by Gasteiger charge is 2.39. The molecule has 0 spiro atoms. The zero-order valence-corrected chi connectivity index (χ0v) is 16.2. The van der Waals surface area contributed by atoms with Crippen LogP contribution >= 0.6 is 0 Å². The van der Waals surface area contributed by atoms with Crippen molar-refractivity contribution in [3.8, 4) is 5.75 Å². The number of carbonyl (C=O) groups is 2. The van der Waals surface area contributed by atoms with Gasteiger partial charge in [-0.25, -0.2) is 8.42 Å². The van der Waals surface area contributed by atoms with E-state index >= 15 is 0 Å². The Morgan fingerprint density at radius 1 is 1.07 bits per heavy atom. The zero-order valence-electron chi connectivity index (χ0n) is 15.4. The molecular formula is C19H21N3O5S. The number of ether oxygens (including phenoxy) is 1. The molecule has 1 aliphatic carbocycles. The highest BCUT2D eigenvalue weighted by molar-refractivity contribution is 7.92. The average molecular weight is 403 g/mol. The molecule has 1 aliphatic rings. The highest BCUT2D eigenvalue weighted by Crippen LogP contribution is 2.37. The van der Waals surface area contributed by atoms with Gasteiger partial charge in [0.05, 0.1) is 12.0 Å². The summed E-state index contributed by atoms with van der Waals surface area (Å²) in [6, 6.07) is 12.0. The van der Waals surface area contributed by atoms with E-state index in [-0.39, 0.29) is 22.3 Å². The van der Waals surface area contributed by atoms with Gasteiger partial charge in [-0.05, 0) is 54.8 Å². The van der Waals surface area contributed by atoms with Gasteiger partial charge >= 0.3 is 0 Å². The smallest absolute Gasteiger partial charge is 0.269 e. The molecule has 0 unspecified atom stereocenters. The molecule has 3 N–H and O–H groups in total. The molecule has 1 saturated carbocycles. The number of carbonyl (C=O) groups excluding carboxylic acids is 2. The molecule has 9 heteroatoms. The standard InChI is InChI=1S/C19H21N3O5S/c1-12-10-17(12)19(24)21-20-18(23)13-4-3-5-16(11-13)28(25,26)22-14-6-8-15(27-2)9-7-14/h3-9,11-12,17,22H,10H2,1-2H3,(H,20,23)(H,21,24)/t12-,17+/m0/s1. The minimum Gasteiger partial charge on any atom is -0.497 e. The van der Waals surface area contributed by atoms with Crippen molar-refractivity contribution in [1.82, 2.24) is 10.9 Å². The Bertz CT molecular complexity index is 989. The summed E-state index contributed by atoms with van der Waals surface area (Å²) in [5.74, 6) is -0.00619. The molecule has 0 bridgehead atoms. The quantitative estimate of drug-likeness (QED) is 0.638. The third-order valence-corrected chi connectivity index (χ3v) is 5.87. The number of sulfonamides is 1. The number of anilines is 1. The minimum absolute atomic E-state index is 0.0712. The van der Waals surface area contributed by atoms with Crippen molar-refractivity contribution in [3.63, 3.8) is 0 Å². The third kappa shape index (κ3) is 4.61. The molecular weight excluding hydrogens is 382 g/mol. The van der Waals surface area contributed by atoms with Crippen molar-refractivity contribution in [2.24, 2.45) is 11.8 Å². The van der Waals surface area contributed by atoms with Crippen LogP contribution in [0.3, 0.4) is 0 Å². The van der Waals surface area contributed by atoms with Gasteiger partial charge in [0.15, 0.2) is 0 Å². The van der Waals surface area contributed by atoms with E-state index in [4.69, 9.17) is 4.74 Å². The largest absolute Gasteiger partial charge is 0.497 e. The number of hydrogen-bond acceptors (Lipinski definition) is 5. The lowest BCUT2D eigenvalue weighted by Gasteiger charge is -2.11. The lowest BCUT2D eigenvalue weighted by atomic mass is 10.2. The lowest BCUT2D eigenvalue weighted by Crippen LogP contribution is -2.42. The van der Waals surface area contributed by atoms with Gasteiger partial charge in [0.1, 0.15) is 5.75 Å². The molecule has 0 aromatic heterocycles. The van der Waals surface area contributed by atoms with Crippen LogP contribution in [0.15, 0.2) is 53.4 Å². The predicted octanol–water partition coefficient (Wildman–Crippen LogP) is 1.91. The SMILES string of the molecule is COc1ccc(NS(=O)(=O)c2cccc(C(=O)NNC(=O)[C@@H]3C[C@@H]3C)c2)cc1. The normalized spacial score (nSPS) is 18.1. The molecule has 2 aromatic carbocycles. The number of benzene rings is 2. The van der Waals surface area contributed by atoms with E-state index in [0.717, 1.165) is 6.42 Å². The molecule has 3 rings (SSSR count). The van der Waals surface area contributed by atoms with Crippen LogP contribution in [0.1, 0.15) is 23.7 Å². The molecule has 2 atom stereocenters. The predicted molar refractivity (Wildman–Crippen MR) is 103 cm³/mol. The summed E-state index contributed by atoms with van der Waals surface area (Å²) in [4.78, 5) is 23.9. The third-order valence-electron chi connectivity index (χ3n) is 4.49. The molecule has 1 fully saturated rings. The molecule has 8 nitrogen and oxygen atoms in total. The molecule has 0 radical (unpaired) electrons. The van der Waals surface area contributed by atoms with Crippen LogP contribution in [0.4, 0.5) is 5.69 Å². The van der Waals surface area contributed by atoms with E-state index in [0.29, 0.717) is 17.4 Å². The Labute approximate surface area is 163 Å². The van der Waals surface area contributed by atoms with Crippen LogP contribution < -0.4 is 20.3 Å². The maximum atomic E-state index is 12.6. The van der Waals surface area contributed by atoms with Crippen molar-refractivity contribution in [2.45, 2.75) is 18.2 Å². The number of hydrazine groups is 1. The first-order chi connectivity index (χ1) is 13.3. The molecule has 148 valence electrons. The van der Waals surface area contributed by atoms with Crippen molar-refractivity contribution in [1.29, 1.82) is 0 Å². The Balaban J connectivity index is 1.68.